The third-order valence-electron chi connectivity index (χ3n) is 4.93. The van der Waals surface area contributed by atoms with Crippen LogP contribution < -0.4 is 14.8 Å². The maximum absolute atomic E-state index is 13.1. The molecule has 174 valence electrons. The molecule has 0 saturated carbocycles. The second-order valence-corrected chi connectivity index (χ2v) is 7.44. The van der Waals surface area contributed by atoms with Gasteiger partial charge in [0.2, 0.25) is 17.6 Å². The van der Waals surface area contributed by atoms with Crippen molar-refractivity contribution in [3.05, 3.63) is 84.3 Å². The number of hydrogen-bond acceptors (Lipinski definition) is 7. The molecule has 0 atom stereocenters. The molecule has 0 unspecified atom stereocenters. The Morgan fingerprint density at radius 3 is 2.74 bits per heavy atom. The first-order valence-electron chi connectivity index (χ1n) is 10.7. The van der Waals surface area contributed by atoms with Crippen LogP contribution in [0.1, 0.15) is 24.3 Å². The number of benzene rings is 2. The summed E-state index contributed by atoms with van der Waals surface area (Å²) in [4.78, 5) is 20.8. The van der Waals surface area contributed by atoms with Gasteiger partial charge in [-0.05, 0) is 48.9 Å². The predicted octanol–water partition coefficient (Wildman–Crippen LogP) is 4.82. The van der Waals surface area contributed by atoms with Gasteiger partial charge in [0.05, 0.1) is 7.11 Å². The van der Waals surface area contributed by atoms with E-state index in [1.165, 1.54) is 12.1 Å². The van der Waals surface area contributed by atoms with Gasteiger partial charge in [0.15, 0.2) is 11.5 Å². The predicted molar refractivity (Wildman–Crippen MR) is 123 cm³/mol. The summed E-state index contributed by atoms with van der Waals surface area (Å²) in [6.07, 6.45) is 4.67. The second kappa shape index (κ2) is 11.0. The van der Waals surface area contributed by atoms with Crippen molar-refractivity contribution >= 4 is 11.6 Å². The summed E-state index contributed by atoms with van der Waals surface area (Å²) in [5.41, 5.74) is 2.18. The van der Waals surface area contributed by atoms with Crippen LogP contribution in [0.15, 0.2) is 71.5 Å². The van der Waals surface area contributed by atoms with Crippen molar-refractivity contribution in [2.75, 3.05) is 12.4 Å². The highest BCUT2D eigenvalue weighted by Crippen LogP contribution is 2.31. The lowest BCUT2D eigenvalue weighted by molar-refractivity contribution is -0.116. The Labute approximate surface area is 195 Å². The van der Waals surface area contributed by atoms with Crippen LogP contribution in [0.2, 0.25) is 0 Å². The quantitative estimate of drug-likeness (QED) is 0.361. The first kappa shape index (κ1) is 22.9. The zero-order valence-corrected chi connectivity index (χ0v) is 18.5. The summed E-state index contributed by atoms with van der Waals surface area (Å²) in [6, 6.07) is 14.8. The monoisotopic (exact) mass is 462 g/mol. The van der Waals surface area contributed by atoms with Crippen molar-refractivity contribution in [1.29, 1.82) is 0 Å². The lowest BCUT2D eigenvalue weighted by Crippen LogP contribution is -2.11. The topological polar surface area (TPSA) is 99.4 Å². The summed E-state index contributed by atoms with van der Waals surface area (Å²) in [5, 5.41) is 6.77. The highest BCUT2D eigenvalue weighted by atomic mass is 19.1. The average Bonchev–Trinajstić information content (AvgIpc) is 3.33. The van der Waals surface area contributed by atoms with Crippen molar-refractivity contribution in [3.8, 4) is 22.9 Å². The number of methoxy groups -OCH3 is 1. The molecule has 0 aliphatic rings. The van der Waals surface area contributed by atoms with Gasteiger partial charge in [-0.15, -0.1) is 0 Å². The first-order chi connectivity index (χ1) is 16.6. The average molecular weight is 462 g/mol. The first-order valence-corrected chi connectivity index (χ1v) is 10.7. The highest BCUT2D eigenvalue weighted by molar-refractivity contribution is 5.91. The number of halogens is 1. The van der Waals surface area contributed by atoms with Gasteiger partial charge in [-0.1, -0.05) is 11.2 Å². The van der Waals surface area contributed by atoms with E-state index in [0.717, 1.165) is 5.56 Å². The van der Waals surface area contributed by atoms with Crippen LogP contribution in [-0.4, -0.2) is 28.1 Å². The number of nitrogens with one attached hydrogen (secondary N) is 1. The standard InChI is InChI=1S/C25H23FN4O4/c1-32-21-12-11-20(14-22(21)33-16-17-4-3-13-27-15-17)28-23(31)5-2-6-24-29-25(30-34-24)18-7-9-19(26)10-8-18/h3-4,7-15H,2,5-6,16H2,1H3,(H,28,31). The van der Waals surface area contributed by atoms with Crippen LogP contribution in [-0.2, 0) is 17.8 Å². The third kappa shape index (κ3) is 6.16. The number of carbonyl (C=O) groups is 1. The molecule has 0 bridgehead atoms. The van der Waals surface area contributed by atoms with Crippen LogP contribution in [0, 0.1) is 5.82 Å². The summed E-state index contributed by atoms with van der Waals surface area (Å²) < 4.78 is 29.5. The van der Waals surface area contributed by atoms with Gasteiger partial charge in [0, 0.05) is 48.1 Å². The van der Waals surface area contributed by atoms with E-state index in [-0.39, 0.29) is 18.1 Å². The van der Waals surface area contributed by atoms with Gasteiger partial charge in [-0.2, -0.15) is 4.98 Å². The van der Waals surface area contributed by atoms with Crippen molar-refractivity contribution < 1.29 is 23.2 Å². The fourth-order valence-electron chi connectivity index (χ4n) is 3.21. The minimum absolute atomic E-state index is 0.151. The Kier molecular flexibility index (Phi) is 7.44. The molecule has 0 spiro atoms. The summed E-state index contributed by atoms with van der Waals surface area (Å²) in [7, 11) is 1.56. The fourth-order valence-corrected chi connectivity index (χ4v) is 3.21. The molecule has 2 aromatic carbocycles. The molecule has 8 nitrogen and oxygen atoms in total. The largest absolute Gasteiger partial charge is 0.493 e. The van der Waals surface area contributed by atoms with Crippen molar-refractivity contribution in [3.63, 3.8) is 0 Å². The lowest BCUT2D eigenvalue weighted by atomic mass is 10.2. The number of nitrogens with zero attached hydrogens (tertiary/aromatic N) is 3. The molecule has 34 heavy (non-hydrogen) atoms. The van der Waals surface area contributed by atoms with E-state index in [1.54, 1.807) is 49.8 Å². The van der Waals surface area contributed by atoms with E-state index in [4.69, 9.17) is 14.0 Å². The number of amides is 1. The normalized spacial score (nSPS) is 10.6. The van der Waals surface area contributed by atoms with E-state index in [9.17, 15) is 9.18 Å². The van der Waals surface area contributed by atoms with Gasteiger partial charge in [-0.3, -0.25) is 9.78 Å². The Hall–Kier alpha value is -4.27. The molecule has 4 aromatic rings. The number of aromatic nitrogens is 3. The number of aryl methyl sites for hydroxylation is 1. The molecule has 1 N–H and O–H groups in total. The van der Waals surface area contributed by atoms with E-state index < -0.39 is 0 Å². The Bertz CT molecular complexity index is 1230. The van der Waals surface area contributed by atoms with Gasteiger partial charge in [-0.25, -0.2) is 4.39 Å². The zero-order valence-electron chi connectivity index (χ0n) is 18.5. The van der Waals surface area contributed by atoms with Crippen molar-refractivity contribution in [1.82, 2.24) is 15.1 Å². The molecule has 0 radical (unpaired) electrons. The third-order valence-corrected chi connectivity index (χ3v) is 4.93. The number of hydrogen-bond donors (Lipinski definition) is 1. The molecular formula is C25H23FN4O4. The molecule has 1 amide bonds. The number of ether oxygens (including phenoxy) is 2. The maximum Gasteiger partial charge on any atom is 0.226 e. The fraction of sp³-hybridized carbons (Fsp3) is 0.200. The van der Waals surface area contributed by atoms with E-state index in [2.05, 4.69) is 20.4 Å². The van der Waals surface area contributed by atoms with Gasteiger partial charge >= 0.3 is 0 Å². The van der Waals surface area contributed by atoms with E-state index in [0.29, 0.717) is 53.9 Å². The molecule has 9 heteroatoms. The second-order valence-electron chi connectivity index (χ2n) is 7.44. The molecule has 2 heterocycles. The van der Waals surface area contributed by atoms with Crippen LogP contribution in [0.5, 0.6) is 11.5 Å². The van der Waals surface area contributed by atoms with Crippen LogP contribution >= 0.6 is 0 Å². The van der Waals surface area contributed by atoms with Crippen LogP contribution in [0.4, 0.5) is 10.1 Å². The lowest BCUT2D eigenvalue weighted by Gasteiger charge is -2.13. The number of carbonyl (C=O) groups excluding carboxylic acids is 1. The minimum Gasteiger partial charge on any atom is -0.493 e. The highest BCUT2D eigenvalue weighted by Gasteiger charge is 2.12. The zero-order chi connectivity index (χ0) is 23.8. The van der Waals surface area contributed by atoms with Crippen LogP contribution in [0.3, 0.4) is 0 Å². The van der Waals surface area contributed by atoms with Crippen molar-refractivity contribution in [2.45, 2.75) is 25.9 Å². The smallest absolute Gasteiger partial charge is 0.226 e. The van der Waals surface area contributed by atoms with Crippen molar-refractivity contribution in [2.24, 2.45) is 0 Å². The Morgan fingerprint density at radius 1 is 1.12 bits per heavy atom. The number of rotatable bonds is 10. The van der Waals surface area contributed by atoms with E-state index >= 15 is 0 Å². The summed E-state index contributed by atoms with van der Waals surface area (Å²) in [6.45, 7) is 0.325. The van der Waals surface area contributed by atoms with E-state index in [1.807, 2.05) is 12.1 Å². The van der Waals surface area contributed by atoms with Crippen LogP contribution in [0.25, 0.3) is 11.4 Å². The molecular weight excluding hydrogens is 439 g/mol. The number of anilines is 1. The molecule has 2 aromatic heterocycles. The molecule has 0 fully saturated rings. The van der Waals surface area contributed by atoms with Gasteiger partial charge < -0.3 is 19.3 Å². The maximum atomic E-state index is 13.1. The summed E-state index contributed by atoms with van der Waals surface area (Å²) >= 11 is 0. The molecule has 0 aliphatic carbocycles. The molecule has 4 rings (SSSR count). The SMILES string of the molecule is COc1ccc(NC(=O)CCCc2nc(-c3ccc(F)cc3)no2)cc1OCc1cccnc1. The minimum atomic E-state index is -0.331. The number of pyridine rings is 1. The van der Waals surface area contributed by atoms with Gasteiger partial charge in [0.25, 0.3) is 0 Å². The summed E-state index contributed by atoms with van der Waals surface area (Å²) in [5.74, 6) is 1.40. The van der Waals surface area contributed by atoms with Gasteiger partial charge in [0.1, 0.15) is 12.4 Å². The Morgan fingerprint density at radius 2 is 1.97 bits per heavy atom. The Balaban J connectivity index is 1.28. The molecule has 0 saturated heterocycles. The molecule has 0 aliphatic heterocycles.